The Kier molecular flexibility index (Phi) is 6.96. The first kappa shape index (κ1) is 15.8. The molecule has 2 aromatic heterocycles. The zero-order chi connectivity index (χ0) is 14.8. The Morgan fingerprint density at radius 2 is 1.90 bits per heavy atom. The van der Waals surface area contributed by atoms with Gasteiger partial charge in [0, 0.05) is 18.8 Å². The normalized spacial score (nSPS) is 9.50. The molecule has 0 spiro atoms. The Morgan fingerprint density at radius 1 is 1.15 bits per heavy atom. The number of rotatable bonds is 4. The number of nitrogens with two attached hydrogens (primary N) is 1. The van der Waals surface area contributed by atoms with Gasteiger partial charge < -0.3 is 5.73 Å². The first-order chi connectivity index (χ1) is 9.63. The fourth-order valence-corrected chi connectivity index (χ4v) is 1.54. The molecule has 20 heavy (non-hydrogen) atoms. The highest BCUT2D eigenvalue weighted by Crippen LogP contribution is 2.13. The zero-order valence-electron chi connectivity index (χ0n) is 12.0. The van der Waals surface area contributed by atoms with Crippen LogP contribution in [0.4, 0.5) is 0 Å². The van der Waals surface area contributed by atoms with E-state index in [4.69, 9.17) is 5.73 Å². The third kappa shape index (κ3) is 6.09. The van der Waals surface area contributed by atoms with E-state index < -0.39 is 0 Å². The Labute approximate surface area is 120 Å². The van der Waals surface area contributed by atoms with Gasteiger partial charge in [-0.15, -0.1) is 0 Å². The summed E-state index contributed by atoms with van der Waals surface area (Å²) in [6.07, 6.45) is 6.09. The summed E-state index contributed by atoms with van der Waals surface area (Å²) in [5, 5.41) is 0. The molecule has 0 aromatic carbocycles. The minimum Gasteiger partial charge on any atom is -0.370 e. The number of hydrogen-bond donors (Lipinski definition) is 1. The van der Waals surface area contributed by atoms with Crippen LogP contribution in [0.25, 0.3) is 11.4 Å². The quantitative estimate of drug-likeness (QED) is 0.928. The van der Waals surface area contributed by atoms with Crippen molar-refractivity contribution in [3.8, 4) is 11.4 Å². The minimum atomic E-state index is -0.193. The van der Waals surface area contributed by atoms with E-state index in [-0.39, 0.29) is 5.91 Å². The molecule has 0 fully saturated rings. The molecule has 0 bridgehead atoms. The van der Waals surface area contributed by atoms with E-state index in [2.05, 4.69) is 9.97 Å². The second kappa shape index (κ2) is 8.80. The van der Waals surface area contributed by atoms with Gasteiger partial charge in [0.2, 0.25) is 5.91 Å². The number of amides is 1. The number of unbranched alkanes of at least 4 members (excludes halogenated alkanes) is 1. The van der Waals surface area contributed by atoms with Crippen LogP contribution in [0.3, 0.4) is 0 Å². The molecular weight excluding hydrogens is 250 g/mol. The number of pyridine rings is 2. The summed E-state index contributed by atoms with van der Waals surface area (Å²) in [5.74, 6) is -0.193. The van der Waals surface area contributed by atoms with Gasteiger partial charge in [-0.1, -0.05) is 19.4 Å². The lowest BCUT2D eigenvalue weighted by Crippen LogP contribution is -2.09. The van der Waals surface area contributed by atoms with Crippen LogP contribution in [0.1, 0.15) is 31.7 Å². The number of nitrogens with zero attached hydrogens (tertiary/aromatic N) is 2. The van der Waals surface area contributed by atoms with Crippen LogP contribution in [-0.2, 0) is 4.79 Å². The van der Waals surface area contributed by atoms with Gasteiger partial charge in [0.1, 0.15) is 0 Å². The zero-order valence-corrected chi connectivity index (χ0v) is 12.0. The maximum Gasteiger partial charge on any atom is 0.217 e. The van der Waals surface area contributed by atoms with Gasteiger partial charge in [-0.3, -0.25) is 14.8 Å². The maximum atomic E-state index is 9.98. The van der Waals surface area contributed by atoms with Gasteiger partial charge in [0.15, 0.2) is 0 Å². The molecule has 4 nitrogen and oxygen atoms in total. The molecule has 0 atom stereocenters. The van der Waals surface area contributed by atoms with Crippen LogP contribution in [0.15, 0.2) is 42.7 Å². The van der Waals surface area contributed by atoms with Crippen LogP contribution in [-0.4, -0.2) is 15.9 Å². The second-order valence-corrected chi connectivity index (χ2v) is 4.50. The maximum absolute atomic E-state index is 9.98. The van der Waals surface area contributed by atoms with Gasteiger partial charge in [-0.05, 0) is 43.2 Å². The Hall–Kier alpha value is -2.23. The van der Waals surface area contributed by atoms with E-state index in [1.54, 1.807) is 12.4 Å². The van der Waals surface area contributed by atoms with Crippen molar-refractivity contribution in [2.24, 2.45) is 5.73 Å². The van der Waals surface area contributed by atoms with Gasteiger partial charge in [0.25, 0.3) is 0 Å². The van der Waals surface area contributed by atoms with Crippen molar-refractivity contribution in [3.05, 3.63) is 48.3 Å². The summed E-state index contributed by atoms with van der Waals surface area (Å²) < 4.78 is 0. The molecule has 2 aromatic rings. The van der Waals surface area contributed by atoms with E-state index in [0.29, 0.717) is 6.42 Å². The fraction of sp³-hybridized carbons (Fsp3) is 0.312. The third-order valence-electron chi connectivity index (χ3n) is 2.62. The summed E-state index contributed by atoms with van der Waals surface area (Å²) in [5.41, 5.74) is 7.90. The van der Waals surface area contributed by atoms with Crippen molar-refractivity contribution in [1.82, 2.24) is 9.97 Å². The second-order valence-electron chi connectivity index (χ2n) is 4.50. The first-order valence-corrected chi connectivity index (χ1v) is 6.76. The molecule has 2 rings (SSSR count). The van der Waals surface area contributed by atoms with Crippen LogP contribution < -0.4 is 5.73 Å². The molecule has 0 aliphatic heterocycles. The lowest BCUT2D eigenvalue weighted by atomic mass is 10.2. The summed E-state index contributed by atoms with van der Waals surface area (Å²) >= 11 is 0. The standard InChI is InChI=1S/C11H10N2.C5H11NO/c1-9-5-7-13-11(8-9)10-4-2-3-6-12-10;1-2-3-4-5(6)7/h2-8H,1H3;2-4H2,1H3,(H2,6,7). The van der Waals surface area contributed by atoms with E-state index in [9.17, 15) is 4.79 Å². The molecule has 4 heteroatoms. The molecule has 106 valence electrons. The summed E-state index contributed by atoms with van der Waals surface area (Å²) in [6, 6.07) is 9.84. The number of hydrogen-bond acceptors (Lipinski definition) is 3. The number of aryl methyl sites for hydroxylation is 1. The Bertz CT molecular complexity index is 526. The monoisotopic (exact) mass is 271 g/mol. The topological polar surface area (TPSA) is 68.9 Å². The molecule has 2 N–H and O–H groups in total. The highest BCUT2D eigenvalue weighted by molar-refractivity contribution is 5.73. The van der Waals surface area contributed by atoms with Crippen molar-refractivity contribution in [2.75, 3.05) is 0 Å². The summed E-state index contributed by atoms with van der Waals surface area (Å²) in [7, 11) is 0. The summed E-state index contributed by atoms with van der Waals surface area (Å²) in [4.78, 5) is 18.5. The van der Waals surface area contributed by atoms with E-state index in [0.717, 1.165) is 24.2 Å². The average molecular weight is 271 g/mol. The third-order valence-corrected chi connectivity index (χ3v) is 2.62. The highest BCUT2D eigenvalue weighted by atomic mass is 16.1. The fourth-order valence-electron chi connectivity index (χ4n) is 1.54. The molecule has 0 aliphatic carbocycles. The molecule has 2 heterocycles. The minimum absolute atomic E-state index is 0.193. The molecule has 0 saturated carbocycles. The van der Waals surface area contributed by atoms with Crippen LogP contribution >= 0.6 is 0 Å². The van der Waals surface area contributed by atoms with Crippen molar-refractivity contribution < 1.29 is 4.79 Å². The van der Waals surface area contributed by atoms with Gasteiger partial charge in [-0.2, -0.15) is 0 Å². The molecule has 0 unspecified atom stereocenters. The lowest BCUT2D eigenvalue weighted by molar-refractivity contribution is -0.118. The summed E-state index contributed by atoms with van der Waals surface area (Å²) in [6.45, 7) is 4.08. The van der Waals surface area contributed by atoms with Crippen molar-refractivity contribution in [1.29, 1.82) is 0 Å². The molecule has 0 radical (unpaired) electrons. The Balaban J connectivity index is 0.000000246. The van der Waals surface area contributed by atoms with Gasteiger partial charge in [0.05, 0.1) is 11.4 Å². The van der Waals surface area contributed by atoms with Crippen LogP contribution in [0.2, 0.25) is 0 Å². The van der Waals surface area contributed by atoms with E-state index >= 15 is 0 Å². The van der Waals surface area contributed by atoms with Crippen molar-refractivity contribution in [3.63, 3.8) is 0 Å². The van der Waals surface area contributed by atoms with Crippen LogP contribution in [0.5, 0.6) is 0 Å². The van der Waals surface area contributed by atoms with E-state index in [1.165, 1.54) is 5.56 Å². The van der Waals surface area contributed by atoms with E-state index in [1.807, 2.05) is 44.2 Å². The van der Waals surface area contributed by atoms with Gasteiger partial charge >= 0.3 is 0 Å². The predicted molar refractivity (Wildman–Crippen MR) is 80.9 cm³/mol. The lowest BCUT2D eigenvalue weighted by Gasteiger charge is -1.99. The largest absolute Gasteiger partial charge is 0.370 e. The molecule has 0 saturated heterocycles. The first-order valence-electron chi connectivity index (χ1n) is 6.76. The number of primary amides is 1. The van der Waals surface area contributed by atoms with Crippen LogP contribution in [0, 0.1) is 6.92 Å². The predicted octanol–water partition coefficient (Wildman–Crippen LogP) is 3.11. The van der Waals surface area contributed by atoms with Crippen molar-refractivity contribution in [2.45, 2.75) is 33.1 Å². The molecule has 0 aliphatic rings. The number of aromatic nitrogens is 2. The molecular formula is C16H21N3O. The van der Waals surface area contributed by atoms with Gasteiger partial charge in [-0.25, -0.2) is 0 Å². The highest BCUT2D eigenvalue weighted by Gasteiger charge is 1.98. The number of carbonyl (C=O) groups excluding carboxylic acids is 1. The smallest absolute Gasteiger partial charge is 0.217 e. The average Bonchev–Trinajstić information content (AvgIpc) is 2.47. The SMILES string of the molecule is CCCCC(N)=O.Cc1ccnc(-c2ccccn2)c1. The number of carbonyl (C=O) groups is 1. The molecule has 1 amide bonds. The van der Waals surface area contributed by atoms with Crippen molar-refractivity contribution >= 4 is 5.91 Å². The Morgan fingerprint density at radius 3 is 2.40 bits per heavy atom.